The monoisotopic (exact) mass is 436 g/mol. The van der Waals surface area contributed by atoms with E-state index < -0.39 is 0 Å². The number of carbonyl (C=O) groups excluding carboxylic acids is 2. The third-order valence-electron chi connectivity index (χ3n) is 6.28. The first-order valence-corrected chi connectivity index (χ1v) is 11.5. The van der Waals surface area contributed by atoms with Crippen LogP contribution >= 0.6 is 0 Å². The molecule has 0 aliphatic carbocycles. The molecular weight excluding hydrogens is 404 g/mol. The summed E-state index contributed by atoms with van der Waals surface area (Å²) >= 11 is 0. The van der Waals surface area contributed by atoms with E-state index in [2.05, 4.69) is 42.6 Å². The first kappa shape index (κ1) is 22.3. The van der Waals surface area contributed by atoms with Gasteiger partial charge < -0.3 is 19.7 Å². The molecule has 0 saturated carbocycles. The molecule has 6 heteroatoms. The molecule has 6 nitrogen and oxygen atoms in total. The highest BCUT2D eigenvalue weighted by Crippen LogP contribution is 2.37. The van der Waals surface area contributed by atoms with E-state index in [9.17, 15) is 9.59 Å². The van der Waals surface area contributed by atoms with Crippen LogP contribution in [0.1, 0.15) is 54.5 Å². The van der Waals surface area contributed by atoms with Gasteiger partial charge in [-0.1, -0.05) is 42.8 Å². The number of benzene rings is 2. The van der Waals surface area contributed by atoms with Crippen molar-refractivity contribution in [3.05, 3.63) is 64.7 Å². The van der Waals surface area contributed by atoms with Crippen LogP contribution in [-0.2, 0) is 20.7 Å². The fraction of sp³-hybridized carbons (Fsp3) is 0.462. The maximum Gasteiger partial charge on any atom is 0.258 e. The topological polar surface area (TPSA) is 67.9 Å². The SMILES string of the molecule is CCC(=O)N1CCc2ccc(OCC(=O)NC[C@@H]3CCCO3)cc2[C@H]1c1ccc(C)cc1. The number of fused-ring (bicyclic) bond motifs is 1. The maximum absolute atomic E-state index is 12.7. The summed E-state index contributed by atoms with van der Waals surface area (Å²) in [6, 6.07) is 14.2. The lowest BCUT2D eigenvalue weighted by atomic mass is 9.87. The lowest BCUT2D eigenvalue weighted by Crippen LogP contribution is -2.40. The Hall–Kier alpha value is -2.86. The van der Waals surface area contributed by atoms with Crippen molar-refractivity contribution >= 4 is 11.8 Å². The van der Waals surface area contributed by atoms with Gasteiger partial charge in [0.2, 0.25) is 5.91 Å². The molecule has 32 heavy (non-hydrogen) atoms. The highest BCUT2D eigenvalue weighted by Gasteiger charge is 2.31. The smallest absolute Gasteiger partial charge is 0.258 e. The van der Waals surface area contributed by atoms with E-state index in [0.717, 1.165) is 37.0 Å². The Morgan fingerprint density at radius 3 is 2.72 bits per heavy atom. The minimum atomic E-state index is -0.156. The van der Waals surface area contributed by atoms with E-state index in [1.54, 1.807) is 0 Å². The van der Waals surface area contributed by atoms with Gasteiger partial charge >= 0.3 is 0 Å². The van der Waals surface area contributed by atoms with Crippen molar-refractivity contribution in [2.75, 3.05) is 26.3 Å². The zero-order valence-corrected chi connectivity index (χ0v) is 18.9. The number of nitrogens with one attached hydrogen (secondary N) is 1. The predicted octanol–water partition coefficient (Wildman–Crippen LogP) is 3.55. The van der Waals surface area contributed by atoms with E-state index >= 15 is 0 Å². The van der Waals surface area contributed by atoms with Gasteiger partial charge in [0.25, 0.3) is 5.91 Å². The number of ether oxygens (including phenoxy) is 2. The van der Waals surface area contributed by atoms with Crippen molar-refractivity contribution in [1.82, 2.24) is 10.2 Å². The van der Waals surface area contributed by atoms with Gasteiger partial charge in [-0.2, -0.15) is 0 Å². The number of aryl methyl sites for hydroxylation is 1. The summed E-state index contributed by atoms with van der Waals surface area (Å²) in [6.45, 7) is 5.91. The molecule has 0 spiro atoms. The van der Waals surface area contributed by atoms with Crippen LogP contribution in [0.3, 0.4) is 0 Å². The van der Waals surface area contributed by atoms with E-state index in [1.165, 1.54) is 11.1 Å². The van der Waals surface area contributed by atoms with Crippen molar-refractivity contribution in [3.8, 4) is 5.75 Å². The Morgan fingerprint density at radius 2 is 2.00 bits per heavy atom. The first-order valence-electron chi connectivity index (χ1n) is 11.5. The molecule has 0 radical (unpaired) electrons. The van der Waals surface area contributed by atoms with Gasteiger partial charge in [-0.15, -0.1) is 0 Å². The molecule has 1 saturated heterocycles. The fourth-order valence-electron chi connectivity index (χ4n) is 4.50. The second-order valence-corrected chi connectivity index (χ2v) is 8.59. The van der Waals surface area contributed by atoms with E-state index in [1.807, 2.05) is 24.0 Å². The molecule has 0 unspecified atom stereocenters. The Bertz CT molecular complexity index is 951. The van der Waals surface area contributed by atoms with Crippen molar-refractivity contribution in [3.63, 3.8) is 0 Å². The van der Waals surface area contributed by atoms with Crippen LogP contribution in [0.2, 0.25) is 0 Å². The van der Waals surface area contributed by atoms with Crippen molar-refractivity contribution in [1.29, 1.82) is 0 Å². The highest BCUT2D eigenvalue weighted by atomic mass is 16.5. The van der Waals surface area contributed by atoms with E-state index in [-0.39, 0.29) is 30.6 Å². The van der Waals surface area contributed by atoms with Crippen LogP contribution in [0.5, 0.6) is 5.75 Å². The molecule has 2 amide bonds. The average molecular weight is 437 g/mol. The number of hydrogen-bond acceptors (Lipinski definition) is 4. The van der Waals surface area contributed by atoms with Crippen LogP contribution in [0.4, 0.5) is 0 Å². The molecule has 1 N–H and O–H groups in total. The maximum atomic E-state index is 12.7. The molecule has 2 aliphatic rings. The fourth-order valence-corrected chi connectivity index (χ4v) is 4.50. The summed E-state index contributed by atoms with van der Waals surface area (Å²) in [5, 5.41) is 2.88. The summed E-state index contributed by atoms with van der Waals surface area (Å²) in [5.74, 6) is 0.621. The van der Waals surface area contributed by atoms with Gasteiger partial charge in [-0.25, -0.2) is 0 Å². The third-order valence-corrected chi connectivity index (χ3v) is 6.28. The molecule has 2 aliphatic heterocycles. The third kappa shape index (κ3) is 5.13. The summed E-state index contributed by atoms with van der Waals surface area (Å²) in [4.78, 5) is 26.9. The first-order chi connectivity index (χ1) is 15.5. The largest absolute Gasteiger partial charge is 0.484 e. The second kappa shape index (κ2) is 10.2. The van der Waals surface area contributed by atoms with E-state index in [4.69, 9.17) is 9.47 Å². The standard InChI is InChI=1S/C26H32N2O4/c1-3-25(30)28-13-12-19-10-11-21(32-17-24(29)27-16-22-5-4-14-31-22)15-23(19)26(28)20-8-6-18(2)7-9-20/h6-11,15,22,26H,3-5,12-14,16-17H2,1-2H3,(H,27,29)/t22-,26+/m0/s1. The van der Waals surface area contributed by atoms with Crippen LogP contribution in [0.25, 0.3) is 0 Å². The Kier molecular flexibility index (Phi) is 7.10. The van der Waals surface area contributed by atoms with E-state index in [0.29, 0.717) is 25.3 Å². The van der Waals surface area contributed by atoms with Crippen molar-refractivity contribution < 1.29 is 19.1 Å². The number of amides is 2. The quantitative estimate of drug-likeness (QED) is 0.721. The number of rotatable bonds is 7. The van der Waals surface area contributed by atoms with Crippen LogP contribution in [0.15, 0.2) is 42.5 Å². The minimum absolute atomic E-state index is 0.0433. The highest BCUT2D eigenvalue weighted by molar-refractivity contribution is 5.78. The normalized spacial score (nSPS) is 20.0. The lowest BCUT2D eigenvalue weighted by molar-refractivity contribution is -0.133. The molecule has 1 fully saturated rings. The number of nitrogens with zero attached hydrogens (tertiary/aromatic N) is 1. The number of hydrogen-bond donors (Lipinski definition) is 1. The summed E-state index contributed by atoms with van der Waals surface area (Å²) in [7, 11) is 0. The van der Waals surface area contributed by atoms with Crippen LogP contribution < -0.4 is 10.1 Å². The lowest BCUT2D eigenvalue weighted by Gasteiger charge is -2.38. The predicted molar refractivity (Wildman–Crippen MR) is 123 cm³/mol. The molecule has 170 valence electrons. The molecule has 2 aromatic carbocycles. The number of carbonyl (C=O) groups is 2. The van der Waals surface area contributed by atoms with Gasteiger partial charge in [-0.05, 0) is 55.0 Å². The summed E-state index contributed by atoms with van der Waals surface area (Å²) in [5.41, 5.74) is 4.55. The zero-order chi connectivity index (χ0) is 22.5. The summed E-state index contributed by atoms with van der Waals surface area (Å²) < 4.78 is 11.4. The molecule has 0 aromatic heterocycles. The van der Waals surface area contributed by atoms with Gasteiger partial charge in [-0.3, -0.25) is 9.59 Å². The molecular formula is C26H32N2O4. The Labute approximate surface area is 189 Å². The average Bonchev–Trinajstić information content (AvgIpc) is 3.34. The van der Waals surface area contributed by atoms with Crippen LogP contribution in [0, 0.1) is 6.92 Å². The molecule has 2 aromatic rings. The zero-order valence-electron chi connectivity index (χ0n) is 18.9. The minimum Gasteiger partial charge on any atom is -0.484 e. The van der Waals surface area contributed by atoms with Gasteiger partial charge in [0.1, 0.15) is 5.75 Å². The van der Waals surface area contributed by atoms with Crippen molar-refractivity contribution in [2.45, 2.75) is 51.7 Å². The van der Waals surface area contributed by atoms with Gasteiger partial charge in [0.05, 0.1) is 12.1 Å². The summed E-state index contributed by atoms with van der Waals surface area (Å²) in [6.07, 6.45) is 3.43. The van der Waals surface area contributed by atoms with Gasteiger partial charge in [0.15, 0.2) is 6.61 Å². The van der Waals surface area contributed by atoms with Gasteiger partial charge in [0, 0.05) is 26.1 Å². The second-order valence-electron chi connectivity index (χ2n) is 8.59. The Morgan fingerprint density at radius 1 is 1.19 bits per heavy atom. The van der Waals surface area contributed by atoms with Crippen molar-refractivity contribution in [2.24, 2.45) is 0 Å². The molecule has 2 heterocycles. The van der Waals surface area contributed by atoms with Crippen LogP contribution in [-0.4, -0.2) is 49.1 Å². The molecule has 0 bridgehead atoms. The molecule has 4 rings (SSSR count). The Balaban J connectivity index is 1.50. The molecule has 2 atom stereocenters.